The Morgan fingerprint density at radius 3 is 2.53 bits per heavy atom. The molecule has 0 fully saturated rings. The maximum absolute atomic E-state index is 11.4. The molecule has 0 saturated heterocycles. The smallest absolute Gasteiger partial charge is 0.220 e. The van der Waals surface area contributed by atoms with Gasteiger partial charge in [-0.25, -0.2) is 0 Å². The number of hydrogen-bond donors (Lipinski definition) is 0. The average molecular weight is 495 g/mol. The van der Waals surface area contributed by atoms with E-state index in [0.717, 1.165) is 28.2 Å². The van der Waals surface area contributed by atoms with Crippen molar-refractivity contribution in [3.05, 3.63) is 110 Å². The molecule has 4 aromatic rings. The van der Waals surface area contributed by atoms with Crippen LogP contribution in [0.25, 0.3) is 5.69 Å². The maximum atomic E-state index is 11.4. The number of aryl methyl sites for hydroxylation is 2. The highest BCUT2D eigenvalue weighted by atomic mass is 35.5. The summed E-state index contributed by atoms with van der Waals surface area (Å²) in [5.41, 5.74) is 3.73. The van der Waals surface area contributed by atoms with Crippen LogP contribution in [-0.4, -0.2) is 26.2 Å². The Morgan fingerprint density at radius 1 is 1.06 bits per heavy atom. The summed E-state index contributed by atoms with van der Waals surface area (Å²) >= 11 is 7.52. The van der Waals surface area contributed by atoms with Gasteiger partial charge in [0.05, 0.1) is 0 Å². The predicted octanol–water partition coefficient (Wildman–Crippen LogP) is 6.23. The summed E-state index contributed by atoms with van der Waals surface area (Å²) in [6.07, 6.45) is 0. The molecule has 174 valence electrons. The van der Waals surface area contributed by atoms with Gasteiger partial charge in [0.1, 0.15) is 23.4 Å². The quantitative estimate of drug-likeness (QED) is 0.156. The molecule has 0 amide bonds. The van der Waals surface area contributed by atoms with Gasteiger partial charge in [0.2, 0.25) is 6.54 Å². The second kappa shape index (κ2) is 10.7. The van der Waals surface area contributed by atoms with Crippen LogP contribution in [0.1, 0.15) is 27.8 Å². The number of rotatable bonds is 9. The van der Waals surface area contributed by atoms with E-state index < -0.39 is 5.25 Å². The van der Waals surface area contributed by atoms with Gasteiger partial charge in [-0.15, -0.1) is 10.2 Å². The molecule has 0 aliphatic carbocycles. The largest absolute Gasteiger partial charge is 0.489 e. The Hall–Kier alpha value is -3.36. The molecule has 1 atom stereocenters. The number of hydrogen-bond acceptors (Lipinski definition) is 6. The third kappa shape index (κ3) is 5.76. The molecule has 0 bridgehead atoms. The minimum Gasteiger partial charge on any atom is -0.489 e. The first-order valence-corrected chi connectivity index (χ1v) is 11.9. The van der Waals surface area contributed by atoms with Crippen molar-refractivity contribution >= 4 is 23.4 Å². The number of halogens is 1. The maximum Gasteiger partial charge on any atom is 0.220 e. The summed E-state index contributed by atoms with van der Waals surface area (Å²) in [5, 5.41) is 20.8. The molecule has 1 heterocycles. The van der Waals surface area contributed by atoms with Crippen LogP contribution in [0.15, 0.2) is 78.0 Å². The number of benzene rings is 3. The Labute approximate surface area is 206 Å². The van der Waals surface area contributed by atoms with E-state index in [-0.39, 0.29) is 11.5 Å². The standard InChI is InChI=1S/C25H23ClN4O3S/c1-17-6-5-8-21(14-17)30-18(2)27-28-25(30)34-24(15-29(31)32)19-10-12-22(13-11-19)33-16-20-7-3-4-9-23(20)26/h3-14,24H,15-16H2,1-2H3/t24-/m1/s1. The van der Waals surface area contributed by atoms with E-state index in [2.05, 4.69) is 10.2 Å². The van der Waals surface area contributed by atoms with E-state index >= 15 is 0 Å². The number of nitro groups is 1. The van der Waals surface area contributed by atoms with E-state index in [1.165, 1.54) is 11.8 Å². The molecule has 4 rings (SSSR count). The molecule has 0 aliphatic rings. The Balaban J connectivity index is 1.54. The Morgan fingerprint density at radius 2 is 1.82 bits per heavy atom. The lowest BCUT2D eigenvalue weighted by molar-refractivity contribution is -0.479. The first-order valence-electron chi connectivity index (χ1n) is 10.6. The average Bonchev–Trinajstić information content (AvgIpc) is 3.18. The van der Waals surface area contributed by atoms with Crippen molar-refractivity contribution in [2.75, 3.05) is 6.54 Å². The number of thioether (sulfide) groups is 1. The molecule has 0 unspecified atom stereocenters. The van der Waals surface area contributed by atoms with Crippen molar-refractivity contribution in [3.63, 3.8) is 0 Å². The summed E-state index contributed by atoms with van der Waals surface area (Å²) in [4.78, 5) is 11.1. The van der Waals surface area contributed by atoms with Crippen LogP contribution in [0, 0.1) is 24.0 Å². The SMILES string of the molecule is Cc1cccc(-n2c(C)nnc2S[C@H](C[N+](=O)[O-])c2ccc(OCc3ccccc3Cl)cc2)c1. The summed E-state index contributed by atoms with van der Waals surface area (Å²) in [6.45, 7) is 3.98. The lowest BCUT2D eigenvalue weighted by Crippen LogP contribution is -2.11. The number of ether oxygens (including phenoxy) is 1. The van der Waals surface area contributed by atoms with Crippen LogP contribution in [0.4, 0.5) is 0 Å². The van der Waals surface area contributed by atoms with Crippen molar-refractivity contribution < 1.29 is 9.66 Å². The molecule has 1 aromatic heterocycles. The summed E-state index contributed by atoms with van der Waals surface area (Å²) in [6, 6.07) is 22.8. The van der Waals surface area contributed by atoms with Gasteiger partial charge in [-0.1, -0.05) is 65.8 Å². The minimum atomic E-state index is -0.445. The number of nitrogens with zero attached hydrogens (tertiary/aromatic N) is 4. The highest BCUT2D eigenvalue weighted by Crippen LogP contribution is 2.36. The summed E-state index contributed by atoms with van der Waals surface area (Å²) < 4.78 is 7.77. The molecule has 9 heteroatoms. The second-order valence-corrected chi connectivity index (χ2v) is 9.35. The van der Waals surface area contributed by atoms with Crippen molar-refractivity contribution in [1.29, 1.82) is 0 Å². The summed E-state index contributed by atoms with van der Waals surface area (Å²) in [5.74, 6) is 1.38. The number of aromatic nitrogens is 3. The van der Waals surface area contributed by atoms with Crippen LogP contribution >= 0.6 is 23.4 Å². The van der Waals surface area contributed by atoms with E-state index in [9.17, 15) is 10.1 Å². The molecule has 34 heavy (non-hydrogen) atoms. The van der Waals surface area contributed by atoms with Gasteiger partial charge in [0, 0.05) is 21.2 Å². The molecule has 0 aliphatic heterocycles. The van der Waals surface area contributed by atoms with Gasteiger partial charge in [-0.3, -0.25) is 14.7 Å². The van der Waals surface area contributed by atoms with Crippen LogP contribution < -0.4 is 4.74 Å². The van der Waals surface area contributed by atoms with Gasteiger partial charge in [0.25, 0.3) is 0 Å². The zero-order valence-electron chi connectivity index (χ0n) is 18.7. The molecular formula is C25H23ClN4O3S. The van der Waals surface area contributed by atoms with E-state index in [4.69, 9.17) is 16.3 Å². The van der Waals surface area contributed by atoms with Gasteiger partial charge in [-0.05, 0) is 55.3 Å². The van der Waals surface area contributed by atoms with Gasteiger partial charge < -0.3 is 4.74 Å². The molecule has 0 radical (unpaired) electrons. The van der Waals surface area contributed by atoms with E-state index in [1.54, 1.807) is 0 Å². The highest BCUT2D eigenvalue weighted by molar-refractivity contribution is 7.99. The van der Waals surface area contributed by atoms with Crippen molar-refractivity contribution in [1.82, 2.24) is 14.8 Å². The second-order valence-electron chi connectivity index (χ2n) is 7.78. The molecule has 0 saturated carbocycles. The van der Waals surface area contributed by atoms with Crippen LogP contribution in [0.5, 0.6) is 5.75 Å². The van der Waals surface area contributed by atoms with Crippen LogP contribution in [0.3, 0.4) is 0 Å². The van der Waals surface area contributed by atoms with Crippen LogP contribution in [-0.2, 0) is 6.61 Å². The third-order valence-corrected chi connectivity index (χ3v) is 6.77. The topological polar surface area (TPSA) is 83.1 Å². The first kappa shape index (κ1) is 23.8. The van der Waals surface area contributed by atoms with Crippen molar-refractivity contribution in [3.8, 4) is 11.4 Å². The molecular weight excluding hydrogens is 472 g/mol. The third-order valence-electron chi connectivity index (χ3n) is 5.22. The normalized spacial score (nSPS) is 11.9. The lowest BCUT2D eigenvalue weighted by Gasteiger charge is -2.15. The predicted molar refractivity (Wildman–Crippen MR) is 134 cm³/mol. The van der Waals surface area contributed by atoms with E-state index in [1.807, 2.05) is 91.2 Å². The molecule has 0 N–H and O–H groups in total. The molecule has 7 nitrogen and oxygen atoms in total. The Bertz CT molecular complexity index is 1290. The fraction of sp³-hybridized carbons (Fsp3) is 0.200. The van der Waals surface area contributed by atoms with E-state index in [0.29, 0.717) is 22.5 Å². The lowest BCUT2D eigenvalue weighted by atomic mass is 10.1. The Kier molecular flexibility index (Phi) is 7.49. The zero-order valence-corrected chi connectivity index (χ0v) is 20.3. The zero-order chi connectivity index (χ0) is 24.1. The minimum absolute atomic E-state index is 0.246. The first-order chi connectivity index (χ1) is 16.4. The van der Waals surface area contributed by atoms with Crippen molar-refractivity contribution in [2.45, 2.75) is 30.9 Å². The van der Waals surface area contributed by atoms with Crippen LogP contribution in [0.2, 0.25) is 5.02 Å². The fourth-order valence-electron chi connectivity index (χ4n) is 3.51. The highest BCUT2D eigenvalue weighted by Gasteiger charge is 2.24. The summed E-state index contributed by atoms with van der Waals surface area (Å²) in [7, 11) is 0. The fourth-order valence-corrected chi connectivity index (χ4v) is 4.88. The molecule has 0 spiro atoms. The molecule has 3 aromatic carbocycles. The van der Waals surface area contributed by atoms with Gasteiger partial charge in [0.15, 0.2) is 5.16 Å². The van der Waals surface area contributed by atoms with Gasteiger partial charge in [-0.2, -0.15) is 0 Å². The van der Waals surface area contributed by atoms with Crippen molar-refractivity contribution in [2.24, 2.45) is 0 Å². The monoisotopic (exact) mass is 494 g/mol. The van der Waals surface area contributed by atoms with Gasteiger partial charge >= 0.3 is 0 Å².